The highest BCUT2D eigenvalue weighted by atomic mass is 15.3. The van der Waals surface area contributed by atoms with Gasteiger partial charge in [0.15, 0.2) is 0 Å². The number of hydrogen-bond donors (Lipinski definition) is 0. The molecule has 2 nitrogen and oxygen atoms in total. The SMILES string of the molecule is C=C(C)/C=C\C=C/CN1C=CN(c2ccccc2C)C1. The topological polar surface area (TPSA) is 6.48 Å². The average molecular weight is 266 g/mol. The number of aryl methyl sites for hydroxylation is 1. The molecule has 20 heavy (non-hydrogen) atoms. The van der Waals surface area contributed by atoms with Crippen molar-refractivity contribution in [1.29, 1.82) is 0 Å². The lowest BCUT2D eigenvalue weighted by Crippen LogP contribution is -2.25. The van der Waals surface area contributed by atoms with Gasteiger partial charge in [-0.2, -0.15) is 0 Å². The molecule has 0 amide bonds. The predicted octanol–water partition coefficient (Wildman–Crippen LogP) is 4.23. The van der Waals surface area contributed by atoms with Crippen LogP contribution in [0.25, 0.3) is 0 Å². The van der Waals surface area contributed by atoms with Gasteiger partial charge in [-0.3, -0.25) is 0 Å². The number of rotatable bonds is 5. The monoisotopic (exact) mass is 266 g/mol. The van der Waals surface area contributed by atoms with Crippen LogP contribution in [0.1, 0.15) is 12.5 Å². The third-order valence-corrected chi connectivity index (χ3v) is 3.18. The van der Waals surface area contributed by atoms with E-state index in [-0.39, 0.29) is 0 Å². The minimum Gasteiger partial charge on any atom is -0.355 e. The number of para-hydroxylation sites is 1. The van der Waals surface area contributed by atoms with E-state index in [1.807, 2.05) is 19.1 Å². The summed E-state index contributed by atoms with van der Waals surface area (Å²) >= 11 is 0. The lowest BCUT2D eigenvalue weighted by molar-refractivity contribution is 0.450. The summed E-state index contributed by atoms with van der Waals surface area (Å²) in [6, 6.07) is 8.47. The molecule has 1 aliphatic heterocycles. The van der Waals surface area contributed by atoms with Gasteiger partial charge in [-0.1, -0.05) is 54.7 Å². The van der Waals surface area contributed by atoms with Crippen LogP contribution in [0.5, 0.6) is 0 Å². The Morgan fingerprint density at radius 2 is 2.05 bits per heavy atom. The third-order valence-electron chi connectivity index (χ3n) is 3.18. The first kappa shape index (κ1) is 14.2. The van der Waals surface area contributed by atoms with Crippen molar-refractivity contribution in [2.75, 3.05) is 18.1 Å². The molecule has 1 aromatic rings. The Balaban J connectivity index is 1.86. The largest absolute Gasteiger partial charge is 0.355 e. The van der Waals surface area contributed by atoms with Crippen LogP contribution < -0.4 is 4.90 Å². The highest BCUT2D eigenvalue weighted by molar-refractivity contribution is 5.55. The van der Waals surface area contributed by atoms with E-state index in [9.17, 15) is 0 Å². The van der Waals surface area contributed by atoms with Gasteiger partial charge in [0.05, 0.1) is 6.67 Å². The summed E-state index contributed by atoms with van der Waals surface area (Å²) in [6.07, 6.45) is 12.5. The quantitative estimate of drug-likeness (QED) is 0.736. The molecule has 0 aromatic heterocycles. The molecule has 1 aromatic carbocycles. The van der Waals surface area contributed by atoms with Crippen molar-refractivity contribution in [3.63, 3.8) is 0 Å². The van der Waals surface area contributed by atoms with Crippen LogP contribution in [0.2, 0.25) is 0 Å². The minimum atomic E-state index is 0.902. The first-order chi connectivity index (χ1) is 9.66. The van der Waals surface area contributed by atoms with E-state index in [0.717, 1.165) is 18.8 Å². The Morgan fingerprint density at radius 1 is 1.25 bits per heavy atom. The molecule has 0 radical (unpaired) electrons. The first-order valence-electron chi connectivity index (χ1n) is 6.90. The van der Waals surface area contributed by atoms with E-state index in [4.69, 9.17) is 0 Å². The molecule has 0 saturated carbocycles. The Hall–Kier alpha value is -2.22. The van der Waals surface area contributed by atoms with Crippen LogP contribution >= 0.6 is 0 Å². The van der Waals surface area contributed by atoms with Crippen molar-refractivity contribution in [3.8, 4) is 0 Å². The highest BCUT2D eigenvalue weighted by Gasteiger charge is 2.13. The second-order valence-corrected chi connectivity index (χ2v) is 5.10. The van der Waals surface area contributed by atoms with Crippen molar-refractivity contribution >= 4 is 5.69 Å². The summed E-state index contributed by atoms with van der Waals surface area (Å²) in [5.74, 6) is 0. The summed E-state index contributed by atoms with van der Waals surface area (Å²) in [5.41, 5.74) is 3.65. The molecule has 1 heterocycles. The number of allylic oxidation sites excluding steroid dienone is 4. The van der Waals surface area contributed by atoms with Gasteiger partial charge in [0, 0.05) is 24.6 Å². The van der Waals surface area contributed by atoms with Crippen LogP contribution in [0.3, 0.4) is 0 Å². The van der Waals surface area contributed by atoms with Gasteiger partial charge in [0.1, 0.15) is 0 Å². The molecular weight excluding hydrogens is 244 g/mol. The number of benzene rings is 1. The van der Waals surface area contributed by atoms with Crippen molar-refractivity contribution in [2.45, 2.75) is 13.8 Å². The van der Waals surface area contributed by atoms with Gasteiger partial charge in [-0.05, 0) is 25.5 Å². The second-order valence-electron chi connectivity index (χ2n) is 5.10. The maximum absolute atomic E-state index is 3.83. The van der Waals surface area contributed by atoms with E-state index in [1.54, 1.807) is 0 Å². The van der Waals surface area contributed by atoms with Crippen molar-refractivity contribution in [2.24, 2.45) is 0 Å². The van der Waals surface area contributed by atoms with Gasteiger partial charge in [0.25, 0.3) is 0 Å². The van der Waals surface area contributed by atoms with E-state index in [2.05, 4.69) is 72.1 Å². The highest BCUT2D eigenvalue weighted by Crippen LogP contribution is 2.22. The predicted molar refractivity (Wildman–Crippen MR) is 87.5 cm³/mol. The fourth-order valence-corrected chi connectivity index (χ4v) is 2.12. The average Bonchev–Trinajstić information content (AvgIpc) is 2.87. The standard InChI is InChI=1S/C18H22N2/c1-16(2)9-5-4-8-12-19-13-14-20(15-19)18-11-7-6-10-17(18)3/h4-11,13-14H,1,12,15H2,2-3H3/b8-4-,9-5-. The Kier molecular flexibility index (Phi) is 4.83. The van der Waals surface area contributed by atoms with Crippen LogP contribution in [0, 0.1) is 6.92 Å². The lowest BCUT2D eigenvalue weighted by atomic mass is 10.2. The molecule has 0 unspecified atom stereocenters. The van der Waals surface area contributed by atoms with Gasteiger partial charge >= 0.3 is 0 Å². The number of anilines is 1. The zero-order valence-corrected chi connectivity index (χ0v) is 12.3. The summed E-state index contributed by atoms with van der Waals surface area (Å²) < 4.78 is 0. The second kappa shape index (κ2) is 6.80. The Bertz CT molecular complexity index is 552. The molecule has 0 bridgehead atoms. The maximum Gasteiger partial charge on any atom is 0.0945 e. The molecule has 0 aliphatic carbocycles. The van der Waals surface area contributed by atoms with Crippen molar-refractivity contribution in [3.05, 3.63) is 78.7 Å². The van der Waals surface area contributed by atoms with Crippen molar-refractivity contribution < 1.29 is 0 Å². The fraction of sp³-hybridized carbons (Fsp3) is 0.222. The van der Waals surface area contributed by atoms with Crippen LogP contribution in [-0.4, -0.2) is 18.1 Å². The number of hydrogen-bond acceptors (Lipinski definition) is 2. The van der Waals surface area contributed by atoms with Crippen molar-refractivity contribution in [1.82, 2.24) is 4.90 Å². The van der Waals surface area contributed by atoms with Gasteiger partial charge in [-0.15, -0.1) is 0 Å². The van der Waals surface area contributed by atoms with E-state index in [0.29, 0.717) is 0 Å². The minimum absolute atomic E-state index is 0.902. The van der Waals surface area contributed by atoms with E-state index >= 15 is 0 Å². The van der Waals surface area contributed by atoms with E-state index in [1.165, 1.54) is 11.3 Å². The van der Waals surface area contributed by atoms with Gasteiger partial charge in [0.2, 0.25) is 0 Å². The molecule has 2 rings (SSSR count). The normalized spacial score (nSPS) is 14.9. The first-order valence-corrected chi connectivity index (χ1v) is 6.90. The third kappa shape index (κ3) is 3.89. The lowest BCUT2D eigenvalue weighted by Gasteiger charge is -2.21. The fourth-order valence-electron chi connectivity index (χ4n) is 2.12. The zero-order valence-electron chi connectivity index (χ0n) is 12.3. The zero-order chi connectivity index (χ0) is 14.4. The van der Waals surface area contributed by atoms with Gasteiger partial charge in [-0.25, -0.2) is 0 Å². The van der Waals surface area contributed by atoms with Crippen LogP contribution in [0.15, 0.2) is 73.1 Å². The summed E-state index contributed by atoms with van der Waals surface area (Å²) in [6.45, 7) is 9.79. The molecule has 0 saturated heterocycles. The smallest absolute Gasteiger partial charge is 0.0945 e. The maximum atomic E-state index is 3.83. The summed E-state index contributed by atoms with van der Waals surface area (Å²) in [7, 11) is 0. The Morgan fingerprint density at radius 3 is 2.80 bits per heavy atom. The summed E-state index contributed by atoms with van der Waals surface area (Å²) in [5, 5.41) is 0. The molecule has 0 spiro atoms. The molecule has 2 heteroatoms. The van der Waals surface area contributed by atoms with Crippen LogP contribution in [0.4, 0.5) is 5.69 Å². The van der Waals surface area contributed by atoms with E-state index < -0.39 is 0 Å². The molecule has 0 N–H and O–H groups in total. The van der Waals surface area contributed by atoms with Gasteiger partial charge < -0.3 is 9.80 Å². The molecule has 1 aliphatic rings. The molecule has 104 valence electrons. The Labute approximate surface area is 122 Å². The molecule has 0 atom stereocenters. The van der Waals surface area contributed by atoms with Crippen LogP contribution in [-0.2, 0) is 0 Å². The number of nitrogens with zero attached hydrogens (tertiary/aromatic N) is 2. The molecule has 0 fully saturated rings. The molecular formula is C18H22N2. The summed E-state index contributed by atoms with van der Waals surface area (Å²) in [4.78, 5) is 4.55.